The summed E-state index contributed by atoms with van der Waals surface area (Å²) in [5.74, 6) is -1.34. The predicted molar refractivity (Wildman–Crippen MR) is 111 cm³/mol. The van der Waals surface area contributed by atoms with Gasteiger partial charge in [0.15, 0.2) is 5.69 Å². The van der Waals surface area contributed by atoms with Gasteiger partial charge in [-0.15, -0.1) is 0 Å². The van der Waals surface area contributed by atoms with Gasteiger partial charge in [0.05, 0.1) is 26.2 Å². The third-order valence-electron chi connectivity index (χ3n) is 4.72. The van der Waals surface area contributed by atoms with Crippen LogP contribution in [0.4, 0.5) is 5.69 Å². The average molecular weight is 406 g/mol. The fourth-order valence-corrected chi connectivity index (χ4v) is 3.37. The van der Waals surface area contributed by atoms with E-state index < -0.39 is 17.9 Å². The number of nitrogens with zero attached hydrogens (tertiary/aromatic N) is 1. The van der Waals surface area contributed by atoms with Crippen molar-refractivity contribution in [3.8, 4) is 16.9 Å². The number of benzene rings is 2. The second-order valence-corrected chi connectivity index (χ2v) is 6.57. The van der Waals surface area contributed by atoms with Crippen LogP contribution in [0.25, 0.3) is 16.0 Å². The molecule has 1 heterocycles. The summed E-state index contributed by atoms with van der Waals surface area (Å²) in [7, 11) is 0. The molecule has 1 atom stereocenters. The van der Waals surface area contributed by atoms with Crippen molar-refractivity contribution in [1.29, 1.82) is 0 Å². The van der Waals surface area contributed by atoms with E-state index >= 15 is 0 Å². The van der Waals surface area contributed by atoms with Crippen LogP contribution in [0.15, 0.2) is 53.9 Å². The molecule has 0 spiro atoms. The van der Waals surface area contributed by atoms with Gasteiger partial charge in [-0.2, -0.15) is 0 Å². The third-order valence-corrected chi connectivity index (χ3v) is 4.72. The molecule has 0 saturated heterocycles. The minimum absolute atomic E-state index is 0.0703. The van der Waals surface area contributed by atoms with Crippen molar-refractivity contribution in [2.45, 2.75) is 26.2 Å². The smallest absolute Gasteiger partial charge is 0.340 e. The lowest BCUT2D eigenvalue weighted by Gasteiger charge is -2.28. The first-order valence-corrected chi connectivity index (χ1v) is 9.60. The van der Waals surface area contributed by atoms with Crippen LogP contribution in [0.2, 0.25) is 0 Å². The molecule has 0 saturated carbocycles. The molecule has 1 aliphatic heterocycles. The van der Waals surface area contributed by atoms with E-state index in [2.05, 4.69) is 4.85 Å². The molecule has 0 radical (unpaired) electrons. The van der Waals surface area contributed by atoms with Gasteiger partial charge in [0.1, 0.15) is 11.3 Å². The number of hydrogen-bond donors (Lipinski definition) is 1. The van der Waals surface area contributed by atoms with Gasteiger partial charge < -0.3 is 19.9 Å². The Morgan fingerprint density at radius 1 is 1.07 bits per heavy atom. The summed E-state index contributed by atoms with van der Waals surface area (Å²) >= 11 is 0. The second kappa shape index (κ2) is 9.14. The SMILES string of the molecule is [C-]#[N+]c1ccc(-c2ccc3c(c2)C(CC(=O)OCC)C(C(=O)OCC)=C(N)O3)cc1. The molecule has 1 unspecified atom stereocenters. The summed E-state index contributed by atoms with van der Waals surface area (Å²) in [6, 6.07) is 12.6. The molecule has 7 heteroatoms. The van der Waals surface area contributed by atoms with Crippen molar-refractivity contribution in [3.63, 3.8) is 0 Å². The molecule has 2 aromatic carbocycles. The van der Waals surface area contributed by atoms with Crippen LogP contribution in [0.1, 0.15) is 31.7 Å². The van der Waals surface area contributed by atoms with Gasteiger partial charge in [-0.3, -0.25) is 4.79 Å². The number of hydrogen-bond acceptors (Lipinski definition) is 6. The Balaban J connectivity index is 2.06. The molecular weight excluding hydrogens is 384 g/mol. The Hall–Kier alpha value is -3.79. The number of nitrogens with two attached hydrogens (primary N) is 1. The van der Waals surface area contributed by atoms with Crippen LogP contribution in [-0.4, -0.2) is 25.2 Å². The zero-order chi connectivity index (χ0) is 21.7. The number of ether oxygens (including phenoxy) is 3. The van der Waals surface area contributed by atoms with E-state index in [9.17, 15) is 9.59 Å². The molecule has 3 rings (SSSR count). The lowest BCUT2D eigenvalue weighted by atomic mass is 9.84. The van der Waals surface area contributed by atoms with Crippen molar-refractivity contribution in [1.82, 2.24) is 0 Å². The number of esters is 2. The Labute approximate surface area is 174 Å². The molecule has 7 nitrogen and oxygen atoms in total. The Morgan fingerprint density at radius 2 is 1.73 bits per heavy atom. The molecule has 2 N–H and O–H groups in total. The summed E-state index contributed by atoms with van der Waals surface area (Å²) in [6.07, 6.45) is -0.0703. The second-order valence-electron chi connectivity index (χ2n) is 6.57. The standard InChI is InChI=1S/C23H22N2O5/c1-4-28-20(26)13-18-17-12-15(14-6-9-16(25-3)10-7-14)8-11-19(17)30-22(24)21(18)23(27)29-5-2/h6-12,18H,4-5,13,24H2,1-2H3. The van der Waals surface area contributed by atoms with Crippen molar-refractivity contribution in [2.24, 2.45) is 5.73 Å². The quantitative estimate of drug-likeness (QED) is 0.574. The van der Waals surface area contributed by atoms with Gasteiger partial charge in [0.2, 0.25) is 5.88 Å². The highest BCUT2D eigenvalue weighted by Crippen LogP contribution is 2.42. The fraction of sp³-hybridized carbons (Fsp3) is 0.261. The molecule has 1 aliphatic rings. The van der Waals surface area contributed by atoms with Crippen LogP contribution >= 0.6 is 0 Å². The summed E-state index contributed by atoms with van der Waals surface area (Å²) < 4.78 is 15.9. The zero-order valence-corrected chi connectivity index (χ0v) is 16.8. The molecule has 154 valence electrons. The highest BCUT2D eigenvalue weighted by atomic mass is 16.5. The van der Waals surface area contributed by atoms with E-state index in [-0.39, 0.29) is 31.1 Å². The summed E-state index contributed by atoms with van der Waals surface area (Å²) in [5.41, 5.74) is 9.06. The van der Waals surface area contributed by atoms with Crippen LogP contribution in [-0.2, 0) is 19.1 Å². The van der Waals surface area contributed by atoms with Crippen LogP contribution in [0.3, 0.4) is 0 Å². The monoisotopic (exact) mass is 406 g/mol. The minimum atomic E-state index is -0.658. The Kier molecular flexibility index (Phi) is 6.38. The van der Waals surface area contributed by atoms with E-state index in [1.54, 1.807) is 32.0 Å². The van der Waals surface area contributed by atoms with E-state index in [4.69, 9.17) is 26.5 Å². The molecule has 30 heavy (non-hydrogen) atoms. The largest absolute Gasteiger partial charge is 0.466 e. The summed E-state index contributed by atoms with van der Waals surface area (Å²) in [5, 5.41) is 0. The van der Waals surface area contributed by atoms with Crippen molar-refractivity contribution >= 4 is 17.6 Å². The number of carbonyl (C=O) groups excluding carboxylic acids is 2. The molecule has 0 amide bonds. The summed E-state index contributed by atoms with van der Waals surface area (Å²) in [4.78, 5) is 28.2. The highest BCUT2D eigenvalue weighted by Gasteiger charge is 2.36. The van der Waals surface area contributed by atoms with Crippen LogP contribution < -0.4 is 10.5 Å². The molecule has 2 aromatic rings. The maximum absolute atomic E-state index is 12.6. The van der Waals surface area contributed by atoms with Crippen molar-refractivity contribution < 1.29 is 23.8 Å². The lowest BCUT2D eigenvalue weighted by Crippen LogP contribution is -2.28. The highest BCUT2D eigenvalue weighted by molar-refractivity contribution is 5.93. The molecule has 0 aromatic heterocycles. The Bertz CT molecular complexity index is 1030. The maximum Gasteiger partial charge on any atom is 0.340 e. The summed E-state index contributed by atoms with van der Waals surface area (Å²) in [6.45, 7) is 10.9. The topological polar surface area (TPSA) is 92.2 Å². The molecule has 0 fully saturated rings. The molecule has 0 bridgehead atoms. The fourth-order valence-electron chi connectivity index (χ4n) is 3.37. The first-order valence-electron chi connectivity index (χ1n) is 9.60. The normalized spacial score (nSPS) is 14.9. The minimum Gasteiger partial charge on any atom is -0.466 e. The van der Waals surface area contributed by atoms with Gasteiger partial charge in [0, 0.05) is 11.5 Å². The first-order chi connectivity index (χ1) is 14.5. The molecular formula is C23H22N2O5. The zero-order valence-electron chi connectivity index (χ0n) is 16.8. The van der Waals surface area contributed by atoms with Gasteiger partial charge >= 0.3 is 11.9 Å². The van der Waals surface area contributed by atoms with Crippen LogP contribution in [0, 0.1) is 6.57 Å². The first kappa shape index (κ1) is 20.9. The van der Waals surface area contributed by atoms with E-state index in [0.717, 1.165) is 11.1 Å². The third kappa shape index (κ3) is 4.28. The van der Waals surface area contributed by atoms with E-state index in [1.807, 2.05) is 24.3 Å². The van der Waals surface area contributed by atoms with E-state index in [1.165, 1.54) is 0 Å². The molecule has 0 aliphatic carbocycles. The maximum atomic E-state index is 12.6. The number of fused-ring (bicyclic) bond motifs is 1. The van der Waals surface area contributed by atoms with Crippen LogP contribution in [0.5, 0.6) is 5.75 Å². The van der Waals surface area contributed by atoms with Crippen molar-refractivity contribution in [2.75, 3.05) is 13.2 Å². The average Bonchev–Trinajstić information content (AvgIpc) is 2.74. The van der Waals surface area contributed by atoms with Gasteiger partial charge in [-0.05, 0) is 37.1 Å². The van der Waals surface area contributed by atoms with Gasteiger partial charge in [-0.25, -0.2) is 9.64 Å². The number of rotatable bonds is 6. The van der Waals surface area contributed by atoms with Gasteiger partial charge in [-0.1, -0.05) is 30.3 Å². The van der Waals surface area contributed by atoms with Crippen molar-refractivity contribution in [3.05, 3.63) is 70.9 Å². The Morgan fingerprint density at radius 3 is 2.37 bits per heavy atom. The van der Waals surface area contributed by atoms with E-state index in [0.29, 0.717) is 17.0 Å². The lowest BCUT2D eigenvalue weighted by molar-refractivity contribution is -0.143. The predicted octanol–water partition coefficient (Wildman–Crippen LogP) is 4.07. The van der Waals surface area contributed by atoms with Gasteiger partial charge in [0.25, 0.3) is 0 Å². The number of carbonyl (C=O) groups is 2.